The van der Waals surface area contributed by atoms with Crippen molar-refractivity contribution in [3.63, 3.8) is 0 Å². The molecule has 1 aromatic heterocycles. The second-order valence-corrected chi connectivity index (χ2v) is 7.53. The largest absolute Gasteiger partial charge is 0.491 e. The zero-order chi connectivity index (χ0) is 17.6. The zero-order valence-electron chi connectivity index (χ0n) is 15.6. The van der Waals surface area contributed by atoms with Gasteiger partial charge in [-0.15, -0.1) is 0 Å². The van der Waals surface area contributed by atoms with Gasteiger partial charge in [0.05, 0.1) is 12.9 Å². The Morgan fingerprint density at radius 1 is 1.08 bits per heavy atom. The normalized spacial score (nSPS) is 21.9. The number of piperidine rings is 1. The van der Waals surface area contributed by atoms with Crippen LogP contribution in [0.1, 0.15) is 31.2 Å². The summed E-state index contributed by atoms with van der Waals surface area (Å²) in [5.41, 5.74) is 1.30. The second kappa shape index (κ2) is 8.69. The maximum absolute atomic E-state index is 6.08. The molecular formula is C21H30N4O. The summed E-state index contributed by atoms with van der Waals surface area (Å²) in [5, 5.41) is 0. The van der Waals surface area contributed by atoms with Crippen LogP contribution < -0.4 is 4.74 Å². The number of hydrogen-bond donors (Lipinski definition) is 0. The number of ether oxygens (including phenoxy) is 1. The van der Waals surface area contributed by atoms with Gasteiger partial charge in [-0.2, -0.15) is 0 Å². The Morgan fingerprint density at radius 3 is 2.81 bits per heavy atom. The van der Waals surface area contributed by atoms with Crippen LogP contribution in [0.15, 0.2) is 43.0 Å². The molecule has 0 unspecified atom stereocenters. The van der Waals surface area contributed by atoms with Crippen LogP contribution in [0.5, 0.6) is 5.75 Å². The number of likely N-dealkylation sites (tertiary alicyclic amines) is 2. The summed E-state index contributed by atoms with van der Waals surface area (Å²) < 4.78 is 8.13. The monoisotopic (exact) mass is 354 g/mol. The van der Waals surface area contributed by atoms with Crippen molar-refractivity contribution in [3.05, 3.63) is 48.5 Å². The Bertz CT molecular complexity index is 666. The first-order valence-electron chi connectivity index (χ1n) is 10.0. The Kier molecular flexibility index (Phi) is 5.87. The van der Waals surface area contributed by atoms with E-state index in [2.05, 4.69) is 39.0 Å². The molecule has 5 nitrogen and oxygen atoms in total. The van der Waals surface area contributed by atoms with Crippen LogP contribution >= 0.6 is 0 Å². The molecule has 2 aromatic rings. The van der Waals surface area contributed by atoms with E-state index in [-0.39, 0.29) is 0 Å². The average molecular weight is 354 g/mol. The highest BCUT2D eigenvalue weighted by Gasteiger charge is 2.28. The molecule has 140 valence electrons. The van der Waals surface area contributed by atoms with E-state index < -0.39 is 0 Å². The van der Waals surface area contributed by atoms with Crippen LogP contribution in [0.3, 0.4) is 0 Å². The predicted molar refractivity (Wildman–Crippen MR) is 103 cm³/mol. The molecule has 0 aliphatic carbocycles. The lowest BCUT2D eigenvalue weighted by molar-refractivity contribution is 0.161. The summed E-state index contributed by atoms with van der Waals surface area (Å²) in [6.45, 7) is 7.48. The molecule has 2 fully saturated rings. The van der Waals surface area contributed by atoms with Gasteiger partial charge in [0.1, 0.15) is 12.4 Å². The van der Waals surface area contributed by atoms with Crippen LogP contribution in [-0.4, -0.2) is 58.2 Å². The molecule has 2 aliphatic rings. The van der Waals surface area contributed by atoms with E-state index in [0.29, 0.717) is 6.61 Å². The Hall–Kier alpha value is -1.85. The molecule has 0 amide bonds. The Labute approximate surface area is 156 Å². The fraction of sp³-hybridized carbons (Fsp3) is 0.571. The van der Waals surface area contributed by atoms with Gasteiger partial charge in [0.15, 0.2) is 0 Å². The lowest BCUT2D eigenvalue weighted by atomic mass is 10.1. The van der Waals surface area contributed by atoms with Crippen molar-refractivity contribution in [1.29, 1.82) is 0 Å². The van der Waals surface area contributed by atoms with E-state index in [9.17, 15) is 0 Å². The maximum Gasteiger partial charge on any atom is 0.123 e. The van der Waals surface area contributed by atoms with Gasteiger partial charge in [-0.1, -0.05) is 24.6 Å². The van der Waals surface area contributed by atoms with Gasteiger partial charge in [-0.25, -0.2) is 4.98 Å². The lowest BCUT2D eigenvalue weighted by Gasteiger charge is -2.32. The van der Waals surface area contributed by atoms with Gasteiger partial charge >= 0.3 is 0 Å². The maximum atomic E-state index is 6.08. The van der Waals surface area contributed by atoms with E-state index in [1.807, 2.05) is 17.1 Å². The molecule has 1 atom stereocenters. The van der Waals surface area contributed by atoms with Crippen molar-refractivity contribution in [2.75, 3.05) is 32.8 Å². The quantitative estimate of drug-likeness (QED) is 0.765. The summed E-state index contributed by atoms with van der Waals surface area (Å²) in [6, 6.07) is 9.25. The third kappa shape index (κ3) is 4.46. The summed E-state index contributed by atoms with van der Waals surface area (Å²) in [7, 11) is 0. The summed E-state index contributed by atoms with van der Waals surface area (Å²) >= 11 is 0. The molecule has 4 rings (SSSR count). The number of hydrogen-bond acceptors (Lipinski definition) is 4. The highest BCUT2D eigenvalue weighted by atomic mass is 16.5. The van der Waals surface area contributed by atoms with E-state index in [0.717, 1.165) is 24.9 Å². The van der Waals surface area contributed by atoms with Crippen molar-refractivity contribution < 1.29 is 4.74 Å². The van der Waals surface area contributed by atoms with Gasteiger partial charge in [0.2, 0.25) is 0 Å². The number of aromatic nitrogens is 2. The van der Waals surface area contributed by atoms with Crippen LogP contribution in [0.4, 0.5) is 0 Å². The van der Waals surface area contributed by atoms with E-state index in [4.69, 9.17) is 4.74 Å². The Balaban J connectivity index is 1.30. The molecule has 0 radical (unpaired) electrons. The number of para-hydroxylation sites is 1. The summed E-state index contributed by atoms with van der Waals surface area (Å²) in [6.07, 6.45) is 11.1. The van der Waals surface area contributed by atoms with Gasteiger partial charge < -0.3 is 9.30 Å². The number of benzene rings is 1. The third-order valence-electron chi connectivity index (χ3n) is 5.69. The smallest absolute Gasteiger partial charge is 0.123 e. The van der Waals surface area contributed by atoms with Crippen LogP contribution in [0.2, 0.25) is 0 Å². The van der Waals surface area contributed by atoms with Crippen molar-refractivity contribution in [1.82, 2.24) is 19.4 Å². The van der Waals surface area contributed by atoms with Crippen molar-refractivity contribution in [2.45, 2.75) is 44.8 Å². The predicted octanol–water partition coefficient (Wildman–Crippen LogP) is 3.02. The highest BCUT2D eigenvalue weighted by molar-refractivity contribution is 5.33. The van der Waals surface area contributed by atoms with Gasteiger partial charge in [0.25, 0.3) is 0 Å². The summed E-state index contributed by atoms with van der Waals surface area (Å²) in [4.78, 5) is 9.39. The molecule has 2 saturated heterocycles. The second-order valence-electron chi connectivity index (χ2n) is 7.53. The first kappa shape index (κ1) is 17.6. The molecule has 0 N–H and O–H groups in total. The number of rotatable bonds is 7. The molecule has 5 heteroatoms. The van der Waals surface area contributed by atoms with Crippen LogP contribution in [0.25, 0.3) is 0 Å². The standard InChI is InChI=1S/C21H30N4O/c1-4-10-25(11-5-1)20-8-12-24(17-20)16-19-6-2-3-7-21(19)26-15-14-23-13-9-22-18-23/h2-3,6-7,9,13,18,20H,1,4-5,8,10-12,14-17H2/t20-/m0/s1. The zero-order valence-corrected chi connectivity index (χ0v) is 15.6. The minimum absolute atomic E-state index is 0.670. The minimum atomic E-state index is 0.670. The molecule has 26 heavy (non-hydrogen) atoms. The molecule has 3 heterocycles. The first-order valence-corrected chi connectivity index (χ1v) is 10.0. The van der Waals surface area contributed by atoms with Gasteiger partial charge in [-0.05, 0) is 38.4 Å². The van der Waals surface area contributed by atoms with Crippen LogP contribution in [0, 0.1) is 0 Å². The van der Waals surface area contributed by atoms with Crippen molar-refractivity contribution in [2.24, 2.45) is 0 Å². The van der Waals surface area contributed by atoms with E-state index in [1.165, 1.54) is 57.4 Å². The molecule has 0 bridgehead atoms. The number of imidazole rings is 1. The van der Waals surface area contributed by atoms with Gasteiger partial charge in [-0.3, -0.25) is 9.80 Å². The van der Waals surface area contributed by atoms with E-state index >= 15 is 0 Å². The Morgan fingerprint density at radius 2 is 1.96 bits per heavy atom. The molecule has 0 spiro atoms. The molecule has 0 saturated carbocycles. The highest BCUT2D eigenvalue weighted by Crippen LogP contribution is 2.25. The fourth-order valence-electron chi connectivity index (χ4n) is 4.23. The summed E-state index contributed by atoms with van der Waals surface area (Å²) in [5.74, 6) is 1.02. The number of nitrogens with zero attached hydrogens (tertiary/aromatic N) is 4. The molecule has 2 aliphatic heterocycles. The molecular weight excluding hydrogens is 324 g/mol. The average Bonchev–Trinajstić information content (AvgIpc) is 3.36. The lowest BCUT2D eigenvalue weighted by Crippen LogP contribution is -2.40. The minimum Gasteiger partial charge on any atom is -0.491 e. The fourth-order valence-corrected chi connectivity index (χ4v) is 4.23. The van der Waals surface area contributed by atoms with Crippen molar-refractivity contribution >= 4 is 0 Å². The van der Waals surface area contributed by atoms with Crippen molar-refractivity contribution in [3.8, 4) is 5.75 Å². The third-order valence-corrected chi connectivity index (χ3v) is 5.69. The van der Waals surface area contributed by atoms with Crippen LogP contribution in [-0.2, 0) is 13.1 Å². The molecule has 1 aromatic carbocycles. The first-order chi connectivity index (χ1) is 12.9. The van der Waals surface area contributed by atoms with Gasteiger partial charge in [0, 0.05) is 43.6 Å². The van der Waals surface area contributed by atoms with E-state index in [1.54, 1.807) is 6.20 Å². The SMILES string of the molecule is c1ccc(OCCn2ccnc2)c(CN2CC[C@H](N3CCCCC3)C2)c1. The topological polar surface area (TPSA) is 33.5 Å².